The van der Waals surface area contributed by atoms with Crippen molar-refractivity contribution in [3.8, 4) is 11.1 Å². The van der Waals surface area contributed by atoms with Gasteiger partial charge in [-0.3, -0.25) is 0 Å². The molecule has 0 fully saturated rings. The van der Waals surface area contributed by atoms with Crippen LogP contribution in [0.3, 0.4) is 0 Å². The van der Waals surface area contributed by atoms with Gasteiger partial charge in [-0.15, -0.1) is 6.58 Å². The Morgan fingerprint density at radius 2 is 1.82 bits per heavy atom. The van der Waals surface area contributed by atoms with E-state index in [1.165, 1.54) is 6.07 Å². The van der Waals surface area contributed by atoms with Gasteiger partial charge in [-0.2, -0.15) is 0 Å². The Morgan fingerprint density at radius 1 is 1.09 bits per heavy atom. The van der Waals surface area contributed by atoms with Crippen molar-refractivity contribution in [3.05, 3.63) is 71.1 Å². The summed E-state index contributed by atoms with van der Waals surface area (Å²) in [5.74, 6) is -0.185. The first kappa shape index (κ1) is 16.2. The molecule has 0 saturated heterocycles. The van der Waals surface area contributed by atoms with E-state index in [-0.39, 0.29) is 5.82 Å². The molecule has 0 aliphatic rings. The SMILES string of the molecule is C=C(C)CCC(=N)c1ccc(-c2cccc(F)c2C)c(C)c1. The fourth-order valence-electron chi connectivity index (χ4n) is 2.54. The fraction of sp³-hybridized carbons (Fsp3) is 0.250. The zero-order chi connectivity index (χ0) is 16.3. The van der Waals surface area contributed by atoms with E-state index in [0.717, 1.165) is 34.2 Å². The normalized spacial score (nSPS) is 10.5. The number of allylic oxidation sites excluding steroid dienone is 1. The lowest BCUT2D eigenvalue weighted by Gasteiger charge is -2.12. The topological polar surface area (TPSA) is 23.9 Å². The molecule has 0 aliphatic carbocycles. The standard InChI is InChI=1S/C20H22FN/c1-13(2)8-11-20(22)16-9-10-17(14(3)12-16)18-6-5-7-19(21)15(18)4/h5-7,9-10,12,22H,1,8,11H2,2-4H3. The van der Waals surface area contributed by atoms with Gasteiger partial charge in [0.25, 0.3) is 0 Å². The van der Waals surface area contributed by atoms with Crippen molar-refractivity contribution in [3.63, 3.8) is 0 Å². The van der Waals surface area contributed by atoms with E-state index in [2.05, 4.69) is 6.58 Å². The monoisotopic (exact) mass is 295 g/mol. The average Bonchev–Trinajstić information content (AvgIpc) is 2.48. The van der Waals surface area contributed by atoms with E-state index in [4.69, 9.17) is 5.41 Å². The molecule has 0 amide bonds. The number of hydrogen-bond acceptors (Lipinski definition) is 1. The van der Waals surface area contributed by atoms with Crippen LogP contribution < -0.4 is 0 Å². The summed E-state index contributed by atoms with van der Waals surface area (Å²) in [6.07, 6.45) is 1.54. The van der Waals surface area contributed by atoms with Crippen molar-refractivity contribution in [2.45, 2.75) is 33.6 Å². The van der Waals surface area contributed by atoms with Gasteiger partial charge in [-0.25, -0.2) is 4.39 Å². The maximum absolute atomic E-state index is 13.7. The highest BCUT2D eigenvalue weighted by Crippen LogP contribution is 2.29. The minimum Gasteiger partial charge on any atom is -0.305 e. The van der Waals surface area contributed by atoms with Crippen LogP contribution in [0.1, 0.15) is 36.5 Å². The van der Waals surface area contributed by atoms with Crippen LogP contribution in [-0.2, 0) is 0 Å². The molecule has 0 heterocycles. The third-order valence-electron chi connectivity index (χ3n) is 3.93. The van der Waals surface area contributed by atoms with Crippen molar-refractivity contribution in [1.29, 1.82) is 5.41 Å². The van der Waals surface area contributed by atoms with Gasteiger partial charge in [0.1, 0.15) is 5.82 Å². The Hall–Kier alpha value is -2.22. The number of nitrogens with one attached hydrogen (secondary N) is 1. The lowest BCUT2D eigenvalue weighted by Crippen LogP contribution is -2.00. The maximum atomic E-state index is 13.7. The number of benzene rings is 2. The highest BCUT2D eigenvalue weighted by molar-refractivity contribution is 5.99. The predicted molar refractivity (Wildman–Crippen MR) is 92.2 cm³/mol. The van der Waals surface area contributed by atoms with E-state index in [9.17, 15) is 4.39 Å². The fourth-order valence-corrected chi connectivity index (χ4v) is 2.54. The summed E-state index contributed by atoms with van der Waals surface area (Å²) in [4.78, 5) is 0. The van der Waals surface area contributed by atoms with Crippen molar-refractivity contribution in [2.24, 2.45) is 0 Å². The average molecular weight is 295 g/mol. The van der Waals surface area contributed by atoms with Crippen molar-refractivity contribution in [2.75, 3.05) is 0 Å². The third-order valence-corrected chi connectivity index (χ3v) is 3.93. The lowest BCUT2D eigenvalue weighted by molar-refractivity contribution is 0.619. The van der Waals surface area contributed by atoms with Crippen LogP contribution in [-0.4, -0.2) is 5.71 Å². The smallest absolute Gasteiger partial charge is 0.126 e. The quantitative estimate of drug-likeness (QED) is 0.530. The molecule has 0 unspecified atom stereocenters. The van der Waals surface area contributed by atoms with Gasteiger partial charge < -0.3 is 5.41 Å². The first-order chi connectivity index (χ1) is 10.4. The summed E-state index contributed by atoms with van der Waals surface area (Å²) in [6, 6.07) is 11.1. The Bertz CT molecular complexity index is 728. The van der Waals surface area contributed by atoms with Crippen LogP contribution in [0.5, 0.6) is 0 Å². The highest BCUT2D eigenvalue weighted by atomic mass is 19.1. The summed E-state index contributed by atoms with van der Waals surface area (Å²) in [5, 5.41) is 8.17. The first-order valence-electron chi connectivity index (χ1n) is 7.48. The molecule has 0 aliphatic heterocycles. The Labute approximate surface area is 132 Å². The van der Waals surface area contributed by atoms with Crippen LogP contribution in [0.15, 0.2) is 48.6 Å². The van der Waals surface area contributed by atoms with Crippen LogP contribution in [0.4, 0.5) is 4.39 Å². The number of hydrogen-bond donors (Lipinski definition) is 1. The summed E-state index contributed by atoms with van der Waals surface area (Å²) >= 11 is 0. The molecule has 2 aromatic carbocycles. The van der Waals surface area contributed by atoms with Crippen LogP contribution in [0.2, 0.25) is 0 Å². The molecular weight excluding hydrogens is 273 g/mol. The zero-order valence-electron chi connectivity index (χ0n) is 13.5. The largest absolute Gasteiger partial charge is 0.305 e. The highest BCUT2D eigenvalue weighted by Gasteiger charge is 2.10. The summed E-state index contributed by atoms with van der Waals surface area (Å²) < 4.78 is 13.7. The molecular formula is C20H22FN. The Balaban J connectivity index is 2.32. The molecule has 0 spiro atoms. The third kappa shape index (κ3) is 3.51. The zero-order valence-corrected chi connectivity index (χ0v) is 13.5. The minimum absolute atomic E-state index is 0.185. The predicted octanol–water partition coefficient (Wildman–Crippen LogP) is 5.83. The lowest BCUT2D eigenvalue weighted by atomic mass is 9.93. The molecule has 0 atom stereocenters. The van der Waals surface area contributed by atoms with Crippen molar-refractivity contribution in [1.82, 2.24) is 0 Å². The van der Waals surface area contributed by atoms with Gasteiger partial charge >= 0.3 is 0 Å². The van der Waals surface area contributed by atoms with Gasteiger partial charge in [0.2, 0.25) is 0 Å². The van der Waals surface area contributed by atoms with Crippen LogP contribution in [0.25, 0.3) is 11.1 Å². The summed E-state index contributed by atoms with van der Waals surface area (Å²) in [5.41, 5.74) is 6.30. The molecule has 0 saturated carbocycles. The second-order valence-electron chi connectivity index (χ2n) is 5.88. The summed E-state index contributed by atoms with van der Waals surface area (Å²) in [6.45, 7) is 9.67. The molecule has 2 aromatic rings. The maximum Gasteiger partial charge on any atom is 0.126 e. The molecule has 114 valence electrons. The van der Waals surface area contributed by atoms with E-state index < -0.39 is 0 Å². The molecule has 0 aromatic heterocycles. The van der Waals surface area contributed by atoms with E-state index in [0.29, 0.717) is 17.7 Å². The molecule has 1 nitrogen and oxygen atoms in total. The minimum atomic E-state index is -0.185. The first-order valence-corrected chi connectivity index (χ1v) is 7.48. The van der Waals surface area contributed by atoms with Crippen LogP contribution in [0, 0.1) is 25.1 Å². The van der Waals surface area contributed by atoms with Gasteiger partial charge in [0.05, 0.1) is 0 Å². The molecule has 2 rings (SSSR count). The second-order valence-corrected chi connectivity index (χ2v) is 5.88. The van der Waals surface area contributed by atoms with Gasteiger partial charge in [0, 0.05) is 5.71 Å². The number of halogens is 1. The van der Waals surface area contributed by atoms with Crippen molar-refractivity contribution < 1.29 is 4.39 Å². The Kier molecular flexibility index (Phi) is 4.92. The molecule has 2 heteroatoms. The van der Waals surface area contributed by atoms with E-state index >= 15 is 0 Å². The Morgan fingerprint density at radius 3 is 2.45 bits per heavy atom. The van der Waals surface area contributed by atoms with Crippen LogP contribution >= 0.6 is 0 Å². The second kappa shape index (κ2) is 6.69. The van der Waals surface area contributed by atoms with Gasteiger partial charge in [0.15, 0.2) is 0 Å². The van der Waals surface area contributed by atoms with Gasteiger partial charge in [-0.05, 0) is 73.6 Å². The number of aryl methyl sites for hydroxylation is 1. The number of rotatable bonds is 5. The molecule has 1 N–H and O–H groups in total. The molecule has 0 bridgehead atoms. The summed E-state index contributed by atoms with van der Waals surface area (Å²) in [7, 11) is 0. The molecule has 0 radical (unpaired) electrons. The van der Waals surface area contributed by atoms with Crippen molar-refractivity contribution >= 4 is 5.71 Å². The van der Waals surface area contributed by atoms with E-state index in [1.807, 2.05) is 38.1 Å². The van der Waals surface area contributed by atoms with Gasteiger partial charge in [-0.1, -0.05) is 29.8 Å². The van der Waals surface area contributed by atoms with E-state index in [1.54, 1.807) is 13.0 Å². The molecule has 22 heavy (non-hydrogen) atoms.